The van der Waals surface area contributed by atoms with E-state index in [9.17, 15) is 4.79 Å². The molecule has 0 bridgehead atoms. The number of aryl methyl sites for hydroxylation is 2. The van der Waals surface area contributed by atoms with Crippen molar-refractivity contribution < 1.29 is 14.3 Å². The molecule has 1 saturated heterocycles. The third kappa shape index (κ3) is 4.36. The zero-order chi connectivity index (χ0) is 18.6. The molecule has 1 amide bonds. The molecule has 144 valence electrons. The second kappa shape index (κ2) is 8.19. The molecule has 0 spiro atoms. The Kier molecular flexibility index (Phi) is 5.50. The van der Waals surface area contributed by atoms with Crippen LogP contribution in [0.3, 0.4) is 0 Å². The van der Waals surface area contributed by atoms with Crippen LogP contribution in [0.25, 0.3) is 5.69 Å². The number of benzene rings is 1. The van der Waals surface area contributed by atoms with E-state index in [0.717, 1.165) is 38.0 Å². The number of fused-ring (bicyclic) bond motifs is 1. The fourth-order valence-corrected chi connectivity index (χ4v) is 3.83. The minimum atomic E-state index is -0.441. The lowest BCUT2D eigenvalue weighted by atomic mass is 10.1. The third-order valence-electron chi connectivity index (χ3n) is 5.19. The summed E-state index contributed by atoms with van der Waals surface area (Å²) in [5.41, 5.74) is 9.04. The van der Waals surface area contributed by atoms with E-state index in [1.807, 2.05) is 0 Å². The van der Waals surface area contributed by atoms with Crippen LogP contribution in [0.1, 0.15) is 48.5 Å². The van der Waals surface area contributed by atoms with Crippen LogP contribution in [-0.2, 0) is 40.1 Å². The molecule has 2 heterocycles. The maximum atomic E-state index is 11.3. The number of hydrogen-bond donors (Lipinski definition) is 1. The smallest absolute Gasteiger partial charge is 0.225 e. The molecule has 1 aliphatic carbocycles. The molecule has 0 radical (unpaired) electrons. The van der Waals surface area contributed by atoms with Gasteiger partial charge in [-0.15, -0.1) is 0 Å². The second-order valence-electron chi connectivity index (χ2n) is 7.31. The van der Waals surface area contributed by atoms with Gasteiger partial charge in [0.1, 0.15) is 6.61 Å². The Hall–Kier alpha value is -2.25. The molecule has 2 aliphatic rings. The minimum Gasteiger partial charge on any atom is -0.376 e. The van der Waals surface area contributed by atoms with Gasteiger partial charge in [-0.3, -0.25) is 4.79 Å². The van der Waals surface area contributed by atoms with Crippen molar-refractivity contribution in [3.63, 3.8) is 0 Å². The van der Waals surface area contributed by atoms with Gasteiger partial charge in [-0.05, 0) is 61.8 Å². The predicted octanol–water partition coefficient (Wildman–Crippen LogP) is 1.87. The van der Waals surface area contributed by atoms with Gasteiger partial charge in [0.15, 0.2) is 11.6 Å². The van der Waals surface area contributed by atoms with Crippen LogP contribution in [-0.4, -0.2) is 40.0 Å². The van der Waals surface area contributed by atoms with Gasteiger partial charge in [0, 0.05) is 6.61 Å². The van der Waals surface area contributed by atoms with Crippen molar-refractivity contribution in [1.29, 1.82) is 0 Å². The highest BCUT2D eigenvalue weighted by molar-refractivity contribution is 5.75. The van der Waals surface area contributed by atoms with Gasteiger partial charge in [0.25, 0.3) is 0 Å². The summed E-state index contributed by atoms with van der Waals surface area (Å²) >= 11 is 0. The summed E-state index contributed by atoms with van der Waals surface area (Å²) in [4.78, 5) is 15.8. The highest BCUT2D eigenvalue weighted by Gasteiger charge is 2.18. The van der Waals surface area contributed by atoms with E-state index in [4.69, 9.17) is 15.2 Å². The van der Waals surface area contributed by atoms with E-state index in [1.165, 1.54) is 24.0 Å². The van der Waals surface area contributed by atoms with E-state index in [1.54, 1.807) is 4.68 Å². The lowest BCUT2D eigenvalue weighted by molar-refractivity contribution is -0.117. The fraction of sp³-hybridized carbons (Fsp3) is 0.550. The molecule has 1 fully saturated rings. The first-order valence-corrected chi connectivity index (χ1v) is 9.73. The minimum absolute atomic E-state index is 0.0245. The molecule has 7 heteroatoms. The number of aromatic nitrogens is 3. The average molecular weight is 370 g/mol. The summed E-state index contributed by atoms with van der Waals surface area (Å²) in [7, 11) is 0. The van der Waals surface area contributed by atoms with Crippen LogP contribution < -0.4 is 5.73 Å². The van der Waals surface area contributed by atoms with Crippen molar-refractivity contribution >= 4 is 5.91 Å². The standard InChI is InChI=1S/C20H26N4O3/c21-18(25)11-19-22-20(13-26-12-17-6-1-2-9-27-17)24(23-19)16-8-7-14-4-3-5-15(14)10-16/h7-8,10,17H,1-6,9,11-13H2,(H2,21,25)/t17-/m0/s1. The number of carbonyl (C=O) groups is 1. The van der Waals surface area contributed by atoms with E-state index < -0.39 is 5.91 Å². The quantitative estimate of drug-likeness (QED) is 0.803. The maximum absolute atomic E-state index is 11.3. The van der Waals surface area contributed by atoms with Crippen LogP contribution in [0.15, 0.2) is 18.2 Å². The number of primary amides is 1. The summed E-state index contributed by atoms with van der Waals surface area (Å²) in [6.07, 6.45) is 6.94. The highest BCUT2D eigenvalue weighted by atomic mass is 16.5. The number of amides is 1. The van der Waals surface area contributed by atoms with Crippen molar-refractivity contribution in [2.45, 2.75) is 57.7 Å². The number of carbonyl (C=O) groups excluding carboxylic acids is 1. The molecule has 27 heavy (non-hydrogen) atoms. The van der Waals surface area contributed by atoms with Crippen molar-refractivity contribution in [2.75, 3.05) is 13.2 Å². The van der Waals surface area contributed by atoms with Crippen LogP contribution in [0, 0.1) is 0 Å². The van der Waals surface area contributed by atoms with Crippen molar-refractivity contribution in [3.05, 3.63) is 41.0 Å². The average Bonchev–Trinajstić information content (AvgIpc) is 3.28. The normalized spacial score (nSPS) is 19.2. The second-order valence-corrected chi connectivity index (χ2v) is 7.31. The topological polar surface area (TPSA) is 92.3 Å². The summed E-state index contributed by atoms with van der Waals surface area (Å²) in [5, 5.41) is 4.50. The van der Waals surface area contributed by atoms with Crippen LogP contribution in [0.4, 0.5) is 0 Å². The molecule has 1 aliphatic heterocycles. The summed E-state index contributed by atoms with van der Waals surface area (Å²) < 4.78 is 13.4. The molecular weight excluding hydrogens is 344 g/mol. The Morgan fingerprint density at radius 2 is 2.15 bits per heavy atom. The van der Waals surface area contributed by atoms with Crippen LogP contribution in [0.5, 0.6) is 0 Å². The molecule has 1 atom stereocenters. The number of nitrogens with two attached hydrogens (primary N) is 1. The van der Waals surface area contributed by atoms with E-state index in [2.05, 4.69) is 28.3 Å². The molecular formula is C20H26N4O3. The molecule has 2 N–H and O–H groups in total. The van der Waals surface area contributed by atoms with Gasteiger partial charge in [-0.1, -0.05) is 6.07 Å². The summed E-state index contributed by atoms with van der Waals surface area (Å²) in [6.45, 7) is 1.67. The maximum Gasteiger partial charge on any atom is 0.225 e. The molecule has 1 aromatic carbocycles. The molecule has 1 aromatic heterocycles. The van der Waals surface area contributed by atoms with E-state index >= 15 is 0 Å². The first kappa shape index (κ1) is 18.1. The Balaban J connectivity index is 1.51. The van der Waals surface area contributed by atoms with Gasteiger partial charge in [-0.25, -0.2) is 9.67 Å². The SMILES string of the molecule is NC(=O)Cc1nc(COC[C@@H]2CCCCO2)n(-c2ccc3c(c2)CCC3)n1. The molecule has 0 unspecified atom stereocenters. The summed E-state index contributed by atoms with van der Waals surface area (Å²) in [5.74, 6) is 0.666. The molecule has 7 nitrogen and oxygen atoms in total. The zero-order valence-electron chi connectivity index (χ0n) is 15.5. The van der Waals surface area contributed by atoms with Gasteiger partial charge in [0.05, 0.1) is 24.8 Å². The largest absolute Gasteiger partial charge is 0.376 e. The zero-order valence-corrected chi connectivity index (χ0v) is 15.5. The molecule has 4 rings (SSSR count). The monoisotopic (exact) mass is 370 g/mol. The first-order chi connectivity index (χ1) is 13.2. The lowest BCUT2D eigenvalue weighted by Gasteiger charge is -2.22. The van der Waals surface area contributed by atoms with Gasteiger partial charge in [-0.2, -0.15) is 5.10 Å². The third-order valence-corrected chi connectivity index (χ3v) is 5.19. The fourth-order valence-electron chi connectivity index (χ4n) is 3.83. The van der Waals surface area contributed by atoms with Crippen molar-refractivity contribution in [2.24, 2.45) is 5.73 Å². The van der Waals surface area contributed by atoms with Gasteiger partial charge < -0.3 is 15.2 Å². The van der Waals surface area contributed by atoms with E-state index in [0.29, 0.717) is 24.9 Å². The lowest BCUT2D eigenvalue weighted by Crippen LogP contribution is -2.24. The van der Waals surface area contributed by atoms with Crippen molar-refractivity contribution in [3.8, 4) is 5.69 Å². The Morgan fingerprint density at radius 3 is 2.96 bits per heavy atom. The number of hydrogen-bond acceptors (Lipinski definition) is 5. The number of rotatable bonds is 7. The van der Waals surface area contributed by atoms with Crippen LogP contribution in [0.2, 0.25) is 0 Å². The molecule has 2 aromatic rings. The van der Waals surface area contributed by atoms with E-state index in [-0.39, 0.29) is 12.5 Å². The highest BCUT2D eigenvalue weighted by Crippen LogP contribution is 2.25. The van der Waals surface area contributed by atoms with Gasteiger partial charge >= 0.3 is 0 Å². The molecule has 0 saturated carbocycles. The first-order valence-electron chi connectivity index (χ1n) is 9.73. The summed E-state index contributed by atoms with van der Waals surface area (Å²) in [6, 6.07) is 6.38. The Labute approximate surface area is 158 Å². The Bertz CT molecular complexity index is 812. The predicted molar refractivity (Wildman–Crippen MR) is 99.5 cm³/mol. The number of nitrogens with zero attached hydrogens (tertiary/aromatic N) is 3. The Morgan fingerprint density at radius 1 is 1.26 bits per heavy atom. The number of ether oxygens (including phenoxy) is 2. The van der Waals surface area contributed by atoms with Gasteiger partial charge in [0.2, 0.25) is 5.91 Å². The van der Waals surface area contributed by atoms with Crippen LogP contribution >= 0.6 is 0 Å². The van der Waals surface area contributed by atoms with Crippen molar-refractivity contribution in [1.82, 2.24) is 14.8 Å².